The number of hydrogen-bond acceptors (Lipinski definition) is 6. The summed E-state index contributed by atoms with van der Waals surface area (Å²) in [5, 5.41) is 0. The Morgan fingerprint density at radius 2 is 1.18 bits per heavy atom. The highest BCUT2D eigenvalue weighted by molar-refractivity contribution is 5.87. The molecule has 0 aromatic heterocycles. The minimum absolute atomic E-state index is 0.0850. The van der Waals surface area contributed by atoms with E-state index in [9.17, 15) is 9.59 Å². The molecule has 39 heavy (non-hydrogen) atoms. The molecule has 6 heteroatoms. The van der Waals surface area contributed by atoms with Crippen LogP contribution in [0, 0.1) is 19.3 Å². The Labute approximate surface area is 230 Å². The summed E-state index contributed by atoms with van der Waals surface area (Å²) in [6.45, 7) is 6.20. The zero-order valence-electron chi connectivity index (χ0n) is 23.2. The van der Waals surface area contributed by atoms with Crippen molar-refractivity contribution < 1.29 is 28.5 Å². The Morgan fingerprint density at radius 3 is 1.62 bits per heavy atom. The predicted octanol–water partition coefficient (Wildman–Crippen LogP) is 6.38. The molecule has 0 aliphatic carbocycles. The second-order valence-corrected chi connectivity index (χ2v) is 9.85. The van der Waals surface area contributed by atoms with Gasteiger partial charge in [-0.3, -0.25) is 0 Å². The monoisotopic (exact) mass is 528 g/mol. The Bertz CT molecular complexity index is 1230. The fourth-order valence-electron chi connectivity index (χ4n) is 3.94. The van der Waals surface area contributed by atoms with E-state index in [4.69, 9.17) is 18.9 Å². The second-order valence-electron chi connectivity index (χ2n) is 9.85. The first-order chi connectivity index (χ1) is 18.7. The number of carbonyl (C=O) groups excluding carboxylic acids is 2. The van der Waals surface area contributed by atoms with Gasteiger partial charge in [0, 0.05) is 17.6 Å². The van der Waals surface area contributed by atoms with Crippen LogP contribution in [0.5, 0.6) is 11.5 Å². The van der Waals surface area contributed by atoms with Gasteiger partial charge in [-0.1, -0.05) is 55.0 Å². The van der Waals surface area contributed by atoms with E-state index in [1.807, 2.05) is 69.3 Å². The van der Waals surface area contributed by atoms with E-state index in [2.05, 4.69) is 18.2 Å². The van der Waals surface area contributed by atoms with Crippen LogP contribution in [0.1, 0.15) is 34.7 Å². The van der Waals surface area contributed by atoms with E-state index < -0.39 is 17.4 Å². The summed E-state index contributed by atoms with van der Waals surface area (Å²) in [5.74, 6) is 0.545. The summed E-state index contributed by atoms with van der Waals surface area (Å²) in [6, 6.07) is 20.9. The Balaban J connectivity index is 1.66. The maximum absolute atomic E-state index is 12.5. The third-order valence-electron chi connectivity index (χ3n) is 6.30. The van der Waals surface area contributed by atoms with Crippen LogP contribution in [0.4, 0.5) is 0 Å². The topological polar surface area (TPSA) is 71.1 Å². The van der Waals surface area contributed by atoms with Crippen molar-refractivity contribution in [1.82, 2.24) is 0 Å². The lowest BCUT2D eigenvalue weighted by molar-refractivity contribution is -0.147. The van der Waals surface area contributed by atoms with Crippen LogP contribution in [0.25, 0.3) is 12.2 Å². The Morgan fingerprint density at radius 1 is 0.718 bits per heavy atom. The molecule has 0 unspecified atom stereocenters. The minimum atomic E-state index is -0.633. The summed E-state index contributed by atoms with van der Waals surface area (Å²) in [6.07, 6.45) is 6.74. The standard InChI is InChI=1S/C33H36O6/c1-24-6-7-25(2)28(20-24)21-33(3,22-38-31(34)18-12-26-8-14-29(36-4)15-9-26)23-39-32(35)19-13-27-10-16-30(37-5)17-11-27/h6-20H,21-23H2,1-5H3. The zero-order valence-corrected chi connectivity index (χ0v) is 23.2. The van der Waals surface area contributed by atoms with E-state index in [0.717, 1.165) is 39.3 Å². The van der Waals surface area contributed by atoms with Crippen molar-refractivity contribution in [3.05, 3.63) is 107 Å². The maximum atomic E-state index is 12.5. The van der Waals surface area contributed by atoms with Crippen LogP contribution in [-0.2, 0) is 25.5 Å². The number of benzene rings is 3. The first-order valence-corrected chi connectivity index (χ1v) is 12.7. The van der Waals surface area contributed by atoms with Gasteiger partial charge in [0.05, 0.1) is 14.2 Å². The van der Waals surface area contributed by atoms with Crippen molar-refractivity contribution in [2.24, 2.45) is 5.41 Å². The number of carbonyl (C=O) groups is 2. The SMILES string of the molecule is COc1ccc(C=CC(=O)OCC(C)(COC(=O)C=Cc2ccc(OC)cc2)Cc2cc(C)ccc2C)cc1. The quantitative estimate of drug-likeness (QED) is 0.201. The summed E-state index contributed by atoms with van der Waals surface area (Å²) in [4.78, 5) is 25.1. The highest BCUT2D eigenvalue weighted by Gasteiger charge is 2.29. The van der Waals surface area contributed by atoms with Crippen LogP contribution in [0.15, 0.2) is 78.9 Å². The van der Waals surface area contributed by atoms with Crippen molar-refractivity contribution >= 4 is 24.1 Å². The number of rotatable bonds is 12. The molecule has 0 bridgehead atoms. The molecule has 0 atom stereocenters. The van der Waals surface area contributed by atoms with E-state index in [1.54, 1.807) is 26.4 Å². The van der Waals surface area contributed by atoms with Gasteiger partial charge in [-0.05, 0) is 78.9 Å². The van der Waals surface area contributed by atoms with E-state index in [0.29, 0.717) is 6.42 Å². The van der Waals surface area contributed by atoms with E-state index >= 15 is 0 Å². The molecule has 0 aliphatic heterocycles. The van der Waals surface area contributed by atoms with Gasteiger partial charge in [-0.25, -0.2) is 9.59 Å². The minimum Gasteiger partial charge on any atom is -0.497 e. The fraction of sp³-hybridized carbons (Fsp3) is 0.273. The summed E-state index contributed by atoms with van der Waals surface area (Å²) in [5.41, 5.74) is 4.45. The highest BCUT2D eigenvalue weighted by Crippen LogP contribution is 2.27. The molecule has 0 saturated carbocycles. The largest absolute Gasteiger partial charge is 0.497 e. The average Bonchev–Trinajstić information content (AvgIpc) is 2.95. The van der Waals surface area contributed by atoms with Gasteiger partial charge in [0.2, 0.25) is 0 Å². The molecule has 6 nitrogen and oxygen atoms in total. The van der Waals surface area contributed by atoms with Gasteiger partial charge in [0.25, 0.3) is 0 Å². The summed E-state index contributed by atoms with van der Waals surface area (Å²) in [7, 11) is 3.21. The third-order valence-corrected chi connectivity index (χ3v) is 6.30. The van der Waals surface area contributed by atoms with Crippen molar-refractivity contribution in [3.63, 3.8) is 0 Å². The van der Waals surface area contributed by atoms with Crippen LogP contribution in [-0.4, -0.2) is 39.4 Å². The van der Waals surface area contributed by atoms with Gasteiger partial charge in [0.1, 0.15) is 24.7 Å². The predicted molar refractivity (Wildman–Crippen MR) is 154 cm³/mol. The number of aryl methyl sites for hydroxylation is 2. The van der Waals surface area contributed by atoms with Crippen molar-refractivity contribution in [2.75, 3.05) is 27.4 Å². The van der Waals surface area contributed by atoms with Crippen LogP contribution < -0.4 is 9.47 Å². The van der Waals surface area contributed by atoms with Crippen molar-refractivity contribution in [1.29, 1.82) is 0 Å². The second kappa shape index (κ2) is 14.0. The molecule has 0 fully saturated rings. The van der Waals surface area contributed by atoms with Crippen LogP contribution in [0.3, 0.4) is 0 Å². The fourth-order valence-corrected chi connectivity index (χ4v) is 3.94. The molecule has 0 N–H and O–H groups in total. The lowest BCUT2D eigenvalue weighted by Gasteiger charge is -2.29. The van der Waals surface area contributed by atoms with E-state index in [-0.39, 0.29) is 13.2 Å². The van der Waals surface area contributed by atoms with Crippen molar-refractivity contribution in [3.8, 4) is 11.5 Å². The normalized spacial score (nSPS) is 12.7. The van der Waals surface area contributed by atoms with Gasteiger partial charge >= 0.3 is 11.9 Å². The Hall–Kier alpha value is -4.32. The average molecular weight is 529 g/mol. The van der Waals surface area contributed by atoms with Gasteiger partial charge in [0.15, 0.2) is 0 Å². The molecule has 0 heterocycles. The van der Waals surface area contributed by atoms with Gasteiger partial charge in [-0.15, -0.1) is 0 Å². The Kier molecular flexibility index (Phi) is 10.5. The van der Waals surface area contributed by atoms with Gasteiger partial charge < -0.3 is 18.9 Å². The smallest absolute Gasteiger partial charge is 0.330 e. The zero-order chi connectivity index (χ0) is 28.3. The lowest BCUT2D eigenvalue weighted by atomic mass is 9.83. The molecule has 0 amide bonds. The molecule has 0 radical (unpaired) electrons. The van der Waals surface area contributed by atoms with Crippen LogP contribution >= 0.6 is 0 Å². The molecule has 204 valence electrons. The molecule has 3 aromatic carbocycles. The molecular formula is C33H36O6. The molecule has 0 aliphatic rings. The first-order valence-electron chi connectivity index (χ1n) is 12.7. The van der Waals surface area contributed by atoms with Gasteiger partial charge in [-0.2, -0.15) is 0 Å². The number of esters is 2. The third kappa shape index (κ3) is 9.49. The van der Waals surface area contributed by atoms with Crippen LogP contribution in [0.2, 0.25) is 0 Å². The first kappa shape index (κ1) is 29.2. The van der Waals surface area contributed by atoms with E-state index in [1.165, 1.54) is 12.2 Å². The van der Waals surface area contributed by atoms with Crippen molar-refractivity contribution in [2.45, 2.75) is 27.2 Å². The highest BCUT2D eigenvalue weighted by atomic mass is 16.5. The summed E-state index contributed by atoms with van der Waals surface area (Å²) >= 11 is 0. The number of hydrogen-bond donors (Lipinski definition) is 0. The maximum Gasteiger partial charge on any atom is 0.330 e. The number of ether oxygens (including phenoxy) is 4. The number of methoxy groups -OCH3 is 2. The molecule has 0 spiro atoms. The molecule has 3 aromatic rings. The molecular weight excluding hydrogens is 492 g/mol. The molecule has 3 rings (SSSR count). The molecule has 0 saturated heterocycles. The summed E-state index contributed by atoms with van der Waals surface area (Å²) < 4.78 is 21.6. The lowest BCUT2D eigenvalue weighted by Crippen LogP contribution is -2.33.